The van der Waals surface area contributed by atoms with E-state index >= 15 is 0 Å². The second kappa shape index (κ2) is 9.32. The predicted octanol–water partition coefficient (Wildman–Crippen LogP) is 1.12. The van der Waals surface area contributed by atoms with Gasteiger partial charge < -0.3 is 5.11 Å². The van der Waals surface area contributed by atoms with Crippen molar-refractivity contribution in [3.63, 3.8) is 0 Å². The highest BCUT2D eigenvalue weighted by Gasteiger charge is 1.94. The number of alkyl halides is 1. The highest BCUT2D eigenvalue weighted by atomic mass is 79.9. The van der Waals surface area contributed by atoms with Gasteiger partial charge in [0, 0.05) is 12.8 Å². The molecule has 1 N–H and O–H groups in total. The molecule has 0 atom stereocenters. The van der Waals surface area contributed by atoms with E-state index in [0.29, 0.717) is 24.6 Å². The third-order valence-corrected chi connectivity index (χ3v) is 1.48. The zero-order valence-corrected chi connectivity index (χ0v) is 8.85. The van der Waals surface area contributed by atoms with E-state index < -0.39 is 0 Å². The molecule has 0 aliphatic heterocycles. The topological polar surface area (TPSA) is 37.3 Å². The number of ketones is 1. The number of halogens is 1. The molecule has 0 aromatic rings. The summed E-state index contributed by atoms with van der Waals surface area (Å²) in [5.41, 5.74) is 0. The maximum atomic E-state index is 10.6. The first-order valence-corrected chi connectivity index (χ1v) is 5.03. The molecule has 0 aromatic carbocycles. The summed E-state index contributed by atoms with van der Waals surface area (Å²) in [6, 6.07) is 0. The lowest BCUT2D eigenvalue weighted by atomic mass is 10.2. The van der Waals surface area contributed by atoms with Gasteiger partial charge in [0.05, 0.1) is 11.8 Å². The van der Waals surface area contributed by atoms with Crippen molar-refractivity contribution in [3.05, 3.63) is 0 Å². The number of rotatable bonds is 3. The van der Waals surface area contributed by atoms with E-state index in [1.165, 1.54) is 0 Å². The summed E-state index contributed by atoms with van der Waals surface area (Å²) >= 11 is 3.17. The summed E-state index contributed by atoms with van der Waals surface area (Å²) < 4.78 is 0. The Bertz CT molecular complexity index is 262. The Kier molecular flexibility index (Phi) is 8.77. The normalized spacial score (nSPS) is 7.85. The highest BCUT2D eigenvalue weighted by molar-refractivity contribution is 9.09. The number of carbonyl (C=O) groups is 1. The Morgan fingerprint density at radius 2 is 1.92 bits per heavy atom. The third-order valence-electron chi connectivity index (χ3n) is 1.20. The van der Waals surface area contributed by atoms with Crippen LogP contribution < -0.4 is 0 Å². The molecule has 0 fully saturated rings. The van der Waals surface area contributed by atoms with Crippen LogP contribution in [0, 0.1) is 23.7 Å². The van der Waals surface area contributed by atoms with Gasteiger partial charge in [-0.1, -0.05) is 33.7 Å². The minimum atomic E-state index is -0.384. The molecule has 0 aromatic heterocycles. The lowest BCUT2D eigenvalue weighted by Gasteiger charge is -1.87. The van der Waals surface area contributed by atoms with E-state index in [-0.39, 0.29) is 12.4 Å². The lowest BCUT2D eigenvalue weighted by Crippen LogP contribution is -2.01. The molecule has 0 bridgehead atoms. The molecule has 0 rings (SSSR count). The van der Waals surface area contributed by atoms with Crippen LogP contribution in [-0.2, 0) is 4.79 Å². The van der Waals surface area contributed by atoms with E-state index in [1.54, 1.807) is 0 Å². The van der Waals surface area contributed by atoms with Gasteiger partial charge in [0.1, 0.15) is 6.61 Å². The molecule has 0 spiro atoms. The van der Waals surface area contributed by atoms with Crippen LogP contribution in [0.2, 0.25) is 0 Å². The van der Waals surface area contributed by atoms with Gasteiger partial charge in [-0.2, -0.15) is 0 Å². The zero-order valence-electron chi connectivity index (χ0n) is 7.27. The summed E-state index contributed by atoms with van der Waals surface area (Å²) in [5, 5.41) is 9.05. The summed E-state index contributed by atoms with van der Waals surface area (Å²) in [6.07, 6.45) is 1.38. The van der Waals surface area contributed by atoms with Gasteiger partial charge in [0.15, 0.2) is 5.78 Å². The van der Waals surface area contributed by atoms with Crippen molar-refractivity contribution in [3.8, 4) is 23.7 Å². The van der Waals surface area contributed by atoms with E-state index in [9.17, 15) is 4.79 Å². The molecule has 0 aliphatic rings. The first-order valence-electron chi connectivity index (χ1n) is 3.91. The lowest BCUT2D eigenvalue weighted by molar-refractivity contribution is -0.121. The molecule has 0 heterocycles. The van der Waals surface area contributed by atoms with Crippen LogP contribution in [-0.4, -0.2) is 22.8 Å². The van der Waals surface area contributed by atoms with E-state index in [4.69, 9.17) is 5.11 Å². The highest BCUT2D eigenvalue weighted by Crippen LogP contribution is 1.87. The number of carbonyl (C=O) groups excluding carboxylic acids is 1. The van der Waals surface area contributed by atoms with Gasteiger partial charge in [0.2, 0.25) is 0 Å². The number of Topliss-reactive ketones (excluding diaryl/α,β-unsaturated/α-hetero) is 1. The SMILES string of the molecule is O=C(CO)CCC#CCC#CCBr. The molecule has 13 heavy (non-hydrogen) atoms. The third kappa shape index (κ3) is 9.14. The van der Waals surface area contributed by atoms with Crippen molar-refractivity contribution in [1.29, 1.82) is 0 Å². The van der Waals surface area contributed by atoms with E-state index in [0.717, 1.165) is 0 Å². The second-order valence-corrected chi connectivity index (χ2v) is 2.78. The van der Waals surface area contributed by atoms with Crippen LogP contribution >= 0.6 is 15.9 Å². The fourth-order valence-electron chi connectivity index (χ4n) is 0.586. The van der Waals surface area contributed by atoms with Crippen LogP contribution in [0.15, 0.2) is 0 Å². The maximum absolute atomic E-state index is 10.6. The molecular weight excluding hydrogens is 232 g/mol. The summed E-state index contributed by atoms with van der Waals surface area (Å²) in [6.45, 7) is -0.384. The van der Waals surface area contributed by atoms with Crippen molar-refractivity contribution in [2.45, 2.75) is 19.3 Å². The minimum Gasteiger partial charge on any atom is -0.389 e. The van der Waals surface area contributed by atoms with Crippen LogP contribution in [0.25, 0.3) is 0 Å². The van der Waals surface area contributed by atoms with E-state index in [2.05, 4.69) is 39.6 Å². The van der Waals surface area contributed by atoms with E-state index in [1.807, 2.05) is 0 Å². The second-order valence-electron chi connectivity index (χ2n) is 2.21. The molecule has 3 heteroatoms. The summed E-state index contributed by atoms with van der Waals surface area (Å²) in [7, 11) is 0. The number of aliphatic hydroxyl groups excluding tert-OH is 1. The first-order chi connectivity index (χ1) is 6.31. The molecule has 0 saturated carbocycles. The monoisotopic (exact) mass is 242 g/mol. The van der Waals surface area contributed by atoms with Gasteiger partial charge in [-0.15, -0.1) is 5.92 Å². The van der Waals surface area contributed by atoms with Gasteiger partial charge in [-0.3, -0.25) is 4.79 Å². The smallest absolute Gasteiger partial charge is 0.159 e. The molecule has 0 amide bonds. The molecular formula is C10H11BrO2. The summed E-state index contributed by atoms with van der Waals surface area (Å²) in [5.74, 6) is 11.1. The molecule has 0 aliphatic carbocycles. The Balaban J connectivity index is 3.46. The molecule has 70 valence electrons. The average Bonchev–Trinajstić information content (AvgIpc) is 2.16. The Hall–Kier alpha value is -0.770. The van der Waals surface area contributed by atoms with Crippen LogP contribution in [0.3, 0.4) is 0 Å². The fraction of sp³-hybridized carbons (Fsp3) is 0.500. The standard InChI is InChI=1S/C10H11BrO2/c11-8-6-4-2-1-3-5-7-10(13)9-12/h12H,2,5,7-9H2. The van der Waals surface area contributed by atoms with Gasteiger partial charge >= 0.3 is 0 Å². The Morgan fingerprint density at radius 1 is 1.23 bits per heavy atom. The fourth-order valence-corrected chi connectivity index (χ4v) is 0.784. The zero-order chi connectivity index (χ0) is 9.94. The number of hydrogen-bond acceptors (Lipinski definition) is 2. The van der Waals surface area contributed by atoms with Gasteiger partial charge in [0.25, 0.3) is 0 Å². The molecule has 2 nitrogen and oxygen atoms in total. The predicted molar refractivity (Wildman–Crippen MR) is 55.3 cm³/mol. The largest absolute Gasteiger partial charge is 0.389 e. The molecule has 0 saturated heterocycles. The van der Waals surface area contributed by atoms with Gasteiger partial charge in [-0.05, 0) is 0 Å². The van der Waals surface area contributed by atoms with Crippen LogP contribution in [0.4, 0.5) is 0 Å². The Morgan fingerprint density at radius 3 is 2.54 bits per heavy atom. The molecule has 0 unspecified atom stereocenters. The minimum absolute atomic E-state index is 0.166. The number of hydrogen-bond donors (Lipinski definition) is 1. The van der Waals surface area contributed by atoms with Crippen LogP contribution in [0.5, 0.6) is 0 Å². The van der Waals surface area contributed by atoms with Crippen LogP contribution in [0.1, 0.15) is 19.3 Å². The van der Waals surface area contributed by atoms with Gasteiger partial charge in [-0.25, -0.2) is 0 Å². The summed E-state index contributed by atoms with van der Waals surface area (Å²) in [4.78, 5) is 10.6. The van der Waals surface area contributed by atoms with Crippen molar-refractivity contribution in [2.75, 3.05) is 11.9 Å². The van der Waals surface area contributed by atoms with Crippen molar-refractivity contribution in [1.82, 2.24) is 0 Å². The first kappa shape index (κ1) is 12.2. The van der Waals surface area contributed by atoms with Crippen molar-refractivity contribution >= 4 is 21.7 Å². The average molecular weight is 243 g/mol. The van der Waals surface area contributed by atoms with Crippen molar-refractivity contribution < 1.29 is 9.90 Å². The number of aliphatic hydroxyl groups is 1. The Labute approximate surface area is 86.8 Å². The maximum Gasteiger partial charge on any atom is 0.159 e. The van der Waals surface area contributed by atoms with Crippen molar-refractivity contribution in [2.24, 2.45) is 0 Å². The quantitative estimate of drug-likeness (QED) is 0.595. The molecule has 0 radical (unpaired) electrons.